The quantitative estimate of drug-likeness (QED) is 0.181. The molecule has 1 aromatic rings. The zero-order valence-electron chi connectivity index (χ0n) is 38.9. The van der Waals surface area contributed by atoms with Crippen molar-refractivity contribution in [3.63, 3.8) is 0 Å². The largest absolute Gasteiger partial charge is 0.469 e. The van der Waals surface area contributed by atoms with Gasteiger partial charge in [0.1, 0.15) is 0 Å². The molecule has 6 nitrogen and oxygen atoms in total. The average Bonchev–Trinajstić information content (AvgIpc) is 3.80. The van der Waals surface area contributed by atoms with E-state index in [1.165, 1.54) is 69.7 Å². The number of aliphatic hydroxyl groups excluding tert-OH is 2. The van der Waals surface area contributed by atoms with Gasteiger partial charge in [0.15, 0.2) is 0 Å². The molecule has 6 heteroatoms. The van der Waals surface area contributed by atoms with Gasteiger partial charge < -0.3 is 24.6 Å². The minimum absolute atomic E-state index is 0.112. The molecule has 0 aliphatic heterocycles. The molecule has 6 saturated carbocycles. The number of ether oxygens (including phenoxy) is 2. The van der Waals surface area contributed by atoms with Crippen molar-refractivity contribution in [3.05, 3.63) is 52.6 Å². The molecule has 0 heterocycles. The lowest BCUT2D eigenvalue weighted by Gasteiger charge is -2.63. The minimum atomic E-state index is -0.379. The van der Waals surface area contributed by atoms with Crippen LogP contribution in [0.3, 0.4) is 0 Å². The molecule has 0 aromatic heterocycles. The minimum Gasteiger partial charge on any atom is -0.469 e. The molecule has 1 aromatic carbocycles. The van der Waals surface area contributed by atoms with Gasteiger partial charge >= 0.3 is 5.97 Å². The third kappa shape index (κ3) is 7.39. The molecule has 2 N–H and O–H groups in total. The Morgan fingerprint density at radius 1 is 0.951 bits per heavy atom. The van der Waals surface area contributed by atoms with Crippen LogP contribution in [0.25, 0.3) is 0 Å². The SMILES string of the molecule is CC#C[C@@H]1CC[C@H]2[C@@H]3CCC4=CCCCC4=C3[C@@H](c3ccc(N(C)CCO[C@H]4CC[C@@]5(C)[C@@H](C4)C[C@@H](O)[C@@H]4[C@@H]5C[C@H](O)[C@]5(C)[C@@H]([C@H](C)CCC(=O)OC)CC[C@@H]45)cc3)C[C@]12C. The molecule has 9 rings (SSSR count). The number of carbonyl (C=O) groups is 1. The number of rotatable bonds is 10. The Morgan fingerprint density at radius 3 is 2.51 bits per heavy atom. The zero-order valence-corrected chi connectivity index (χ0v) is 38.9. The summed E-state index contributed by atoms with van der Waals surface area (Å²) in [4.78, 5) is 14.3. The molecule has 0 radical (unpaired) electrons. The summed E-state index contributed by atoms with van der Waals surface area (Å²) in [5.41, 5.74) is 8.16. The van der Waals surface area contributed by atoms with Gasteiger partial charge in [0.2, 0.25) is 0 Å². The highest BCUT2D eigenvalue weighted by Gasteiger charge is 2.66. The summed E-state index contributed by atoms with van der Waals surface area (Å²) in [5.74, 6) is 11.3. The van der Waals surface area contributed by atoms with E-state index in [0.717, 1.165) is 63.8 Å². The molecule has 8 aliphatic carbocycles. The van der Waals surface area contributed by atoms with Crippen molar-refractivity contribution in [2.24, 2.45) is 69.5 Å². The van der Waals surface area contributed by atoms with E-state index in [9.17, 15) is 15.0 Å². The van der Waals surface area contributed by atoms with Gasteiger partial charge in [-0.15, -0.1) is 5.92 Å². The van der Waals surface area contributed by atoms with E-state index >= 15 is 0 Å². The molecule has 8 aliphatic rings. The van der Waals surface area contributed by atoms with E-state index in [0.29, 0.717) is 60.4 Å². The maximum atomic E-state index is 12.1. The van der Waals surface area contributed by atoms with E-state index in [4.69, 9.17) is 9.47 Å². The molecule has 6 fully saturated rings. The second-order valence-electron chi connectivity index (χ2n) is 22.6. The maximum absolute atomic E-state index is 12.1. The highest BCUT2D eigenvalue weighted by molar-refractivity contribution is 5.69. The highest BCUT2D eigenvalue weighted by atomic mass is 16.5. The molecule has 0 saturated heterocycles. The summed E-state index contributed by atoms with van der Waals surface area (Å²) in [6.45, 7) is 13.2. The Morgan fingerprint density at radius 2 is 1.74 bits per heavy atom. The van der Waals surface area contributed by atoms with Gasteiger partial charge in [-0.05, 0) is 202 Å². The topological polar surface area (TPSA) is 79.2 Å². The van der Waals surface area contributed by atoms with Gasteiger partial charge in [0.25, 0.3) is 0 Å². The van der Waals surface area contributed by atoms with E-state index in [1.54, 1.807) is 11.1 Å². The Labute approximate surface area is 369 Å². The van der Waals surface area contributed by atoms with Gasteiger partial charge in [-0.1, -0.05) is 57.4 Å². The predicted octanol–water partition coefficient (Wildman–Crippen LogP) is 11.1. The first-order valence-corrected chi connectivity index (χ1v) is 25.0. The van der Waals surface area contributed by atoms with Crippen molar-refractivity contribution in [1.82, 2.24) is 0 Å². The van der Waals surface area contributed by atoms with Crippen molar-refractivity contribution in [2.75, 3.05) is 32.2 Å². The van der Waals surface area contributed by atoms with Gasteiger partial charge in [0, 0.05) is 37.5 Å². The zero-order chi connectivity index (χ0) is 42.8. The number of hydrogen-bond acceptors (Lipinski definition) is 6. The molecule has 0 spiro atoms. The Bertz CT molecular complexity index is 1910. The smallest absolute Gasteiger partial charge is 0.305 e. The maximum Gasteiger partial charge on any atom is 0.305 e. The third-order valence-electron chi connectivity index (χ3n) is 20.2. The second-order valence-corrected chi connectivity index (χ2v) is 22.6. The molecule has 0 bridgehead atoms. The summed E-state index contributed by atoms with van der Waals surface area (Å²) in [6, 6.07) is 9.64. The van der Waals surface area contributed by atoms with Crippen LogP contribution in [0.15, 0.2) is 47.1 Å². The first-order chi connectivity index (χ1) is 29.3. The number of fused-ring (bicyclic) bond motifs is 9. The predicted molar refractivity (Wildman–Crippen MR) is 245 cm³/mol. The lowest BCUT2D eigenvalue weighted by molar-refractivity contribution is -0.209. The Hall–Kier alpha value is -2.59. The van der Waals surface area contributed by atoms with E-state index in [2.05, 4.69) is 81.8 Å². The number of allylic oxidation sites excluding steroid dienone is 4. The fourth-order valence-corrected chi connectivity index (χ4v) is 16.8. The number of nitrogens with zero attached hydrogens (tertiary/aromatic N) is 1. The van der Waals surface area contributed by atoms with Gasteiger partial charge in [-0.3, -0.25) is 4.79 Å². The van der Waals surface area contributed by atoms with Crippen molar-refractivity contribution in [3.8, 4) is 11.8 Å². The number of esters is 1. The van der Waals surface area contributed by atoms with Crippen LogP contribution in [0.4, 0.5) is 5.69 Å². The first kappa shape index (κ1) is 43.7. The fraction of sp³-hybridized carbons (Fsp3) is 0.764. The number of carbonyl (C=O) groups excluding carboxylic acids is 1. The van der Waals surface area contributed by atoms with Crippen molar-refractivity contribution < 1.29 is 24.5 Å². The monoisotopic (exact) mass is 834 g/mol. The van der Waals surface area contributed by atoms with Crippen LogP contribution >= 0.6 is 0 Å². The van der Waals surface area contributed by atoms with E-state index in [1.807, 2.05) is 12.5 Å². The standard InChI is InChI=1S/C55H79NO5/c1-8-11-37-18-22-45-42-21-17-35-12-9-10-13-41(35)51(42)43(33-54(37,45)4)36-15-19-39(20-16-36)56(6)28-29-61-40-26-27-53(3)38(30-40)31-48(57)52-46-24-23-44(34(2)14-25-50(59)60-7)55(46,5)49(58)32-47(52)53/h12,15-16,19-20,34,37-38,40,42-49,52,57-58H,9-10,13-14,17-18,21-33H2,1-7H3/t34-,37-,38+,40+,42+,43-,44-,45+,46+,47+,48-,49+,52+,53+,54-,55-/m1/s1. The summed E-state index contributed by atoms with van der Waals surface area (Å²) in [7, 11) is 3.67. The molecular weight excluding hydrogens is 755 g/mol. The first-order valence-electron chi connectivity index (χ1n) is 25.0. The number of benzene rings is 1. The van der Waals surface area contributed by atoms with Crippen molar-refractivity contribution >= 4 is 11.7 Å². The van der Waals surface area contributed by atoms with Crippen LogP contribution in [0.2, 0.25) is 0 Å². The summed E-state index contributed by atoms with van der Waals surface area (Å²) in [6.07, 6.45) is 20.5. The highest BCUT2D eigenvalue weighted by Crippen LogP contribution is 2.69. The van der Waals surface area contributed by atoms with Crippen molar-refractivity contribution in [2.45, 2.75) is 168 Å². The fourth-order valence-electron chi connectivity index (χ4n) is 16.8. The number of methoxy groups -OCH3 is 1. The van der Waals surface area contributed by atoms with Crippen LogP contribution in [0.5, 0.6) is 0 Å². The Balaban J connectivity index is 0.825. The van der Waals surface area contributed by atoms with Crippen LogP contribution in [-0.2, 0) is 14.3 Å². The van der Waals surface area contributed by atoms with Gasteiger partial charge in [-0.2, -0.15) is 0 Å². The molecular formula is C55H79NO5. The third-order valence-corrected chi connectivity index (χ3v) is 20.2. The lowest BCUT2D eigenvalue weighted by Crippen LogP contribution is -2.62. The number of likely N-dealkylation sites (N-methyl/N-ethyl adjacent to an activating group) is 1. The van der Waals surface area contributed by atoms with Crippen LogP contribution in [0.1, 0.15) is 155 Å². The second kappa shape index (κ2) is 17.1. The summed E-state index contributed by atoms with van der Waals surface area (Å²) < 4.78 is 11.7. The van der Waals surface area contributed by atoms with Crippen LogP contribution < -0.4 is 4.90 Å². The number of anilines is 1. The van der Waals surface area contributed by atoms with Gasteiger partial charge in [-0.25, -0.2) is 0 Å². The molecule has 16 atom stereocenters. The number of aliphatic hydroxyl groups is 2. The van der Waals surface area contributed by atoms with E-state index < -0.39 is 0 Å². The number of hydrogen-bond donors (Lipinski definition) is 2. The molecule has 61 heavy (non-hydrogen) atoms. The van der Waals surface area contributed by atoms with Crippen molar-refractivity contribution in [1.29, 1.82) is 0 Å². The lowest BCUT2D eigenvalue weighted by atomic mass is 9.43. The van der Waals surface area contributed by atoms with Crippen LogP contribution in [0, 0.1) is 81.3 Å². The summed E-state index contributed by atoms with van der Waals surface area (Å²) in [5, 5.41) is 24.1. The van der Waals surface area contributed by atoms with Crippen LogP contribution in [-0.4, -0.2) is 61.8 Å². The molecule has 0 amide bonds. The Kier molecular flexibility index (Phi) is 12.2. The normalized spacial score (nSPS) is 42.9. The average molecular weight is 834 g/mol. The van der Waals surface area contributed by atoms with E-state index in [-0.39, 0.29) is 46.4 Å². The van der Waals surface area contributed by atoms with Gasteiger partial charge in [0.05, 0.1) is 32.0 Å². The molecule has 0 unspecified atom stereocenters. The molecule has 334 valence electrons. The summed E-state index contributed by atoms with van der Waals surface area (Å²) >= 11 is 0.